The third-order valence-corrected chi connectivity index (χ3v) is 2.26. The zero-order valence-electron chi connectivity index (χ0n) is 9.17. The number of terminal acetylenes is 1. The zero-order valence-corrected chi connectivity index (χ0v) is 9.17. The van der Waals surface area contributed by atoms with Crippen LogP contribution in [-0.4, -0.2) is 24.9 Å². The first kappa shape index (κ1) is 13.0. The molecule has 0 aliphatic heterocycles. The van der Waals surface area contributed by atoms with E-state index in [0.717, 1.165) is 32.2 Å². The van der Waals surface area contributed by atoms with Gasteiger partial charge in [-0.05, 0) is 12.8 Å². The minimum Gasteiger partial charge on any atom is -0.348 e. The van der Waals surface area contributed by atoms with Crippen molar-refractivity contribution in [3.8, 4) is 12.3 Å². The summed E-state index contributed by atoms with van der Waals surface area (Å²) >= 11 is 0. The van der Waals surface area contributed by atoms with Crippen molar-refractivity contribution >= 4 is 6.41 Å². The fraction of sp³-hybridized carbons (Fsp3) is 0.750. The van der Waals surface area contributed by atoms with Gasteiger partial charge in [-0.1, -0.05) is 25.7 Å². The molecule has 0 fully saturated rings. The third-order valence-electron chi connectivity index (χ3n) is 2.26. The summed E-state index contributed by atoms with van der Waals surface area (Å²) in [4.78, 5) is 11.9. The lowest BCUT2D eigenvalue weighted by molar-refractivity contribution is -0.117. The van der Waals surface area contributed by atoms with Gasteiger partial charge in [0, 0.05) is 20.0 Å². The summed E-state index contributed by atoms with van der Waals surface area (Å²) in [7, 11) is 1.82. The summed E-state index contributed by atoms with van der Waals surface area (Å²) in [5.74, 6) is 2.65. The van der Waals surface area contributed by atoms with E-state index in [1.807, 2.05) is 7.05 Å². The molecule has 0 aliphatic rings. The maximum absolute atomic E-state index is 10.3. The van der Waals surface area contributed by atoms with Gasteiger partial charge in [-0.2, -0.15) is 0 Å². The molecule has 0 unspecified atom stereocenters. The molecule has 0 aromatic heterocycles. The van der Waals surface area contributed by atoms with Crippen molar-refractivity contribution in [2.45, 2.75) is 44.9 Å². The highest BCUT2D eigenvalue weighted by Gasteiger charge is 1.93. The molecule has 0 heterocycles. The average Bonchev–Trinajstić information content (AvgIpc) is 2.21. The first-order valence-corrected chi connectivity index (χ1v) is 5.40. The highest BCUT2D eigenvalue weighted by molar-refractivity contribution is 5.46. The van der Waals surface area contributed by atoms with Crippen LogP contribution in [0.4, 0.5) is 0 Å². The topological polar surface area (TPSA) is 20.3 Å². The zero-order chi connectivity index (χ0) is 10.6. The number of rotatable bonds is 9. The second-order valence-electron chi connectivity index (χ2n) is 3.66. The van der Waals surface area contributed by atoms with E-state index in [2.05, 4.69) is 5.92 Å². The first-order chi connectivity index (χ1) is 6.81. The molecule has 2 nitrogen and oxygen atoms in total. The fourth-order valence-electron chi connectivity index (χ4n) is 1.35. The van der Waals surface area contributed by atoms with Gasteiger partial charge in [0.2, 0.25) is 6.41 Å². The summed E-state index contributed by atoms with van der Waals surface area (Å²) in [6.45, 7) is 0.883. The number of hydrogen-bond acceptors (Lipinski definition) is 1. The Bertz CT molecular complexity index is 172. The van der Waals surface area contributed by atoms with Gasteiger partial charge in [-0.15, -0.1) is 12.3 Å². The van der Waals surface area contributed by atoms with Crippen LogP contribution >= 0.6 is 0 Å². The molecule has 1 amide bonds. The van der Waals surface area contributed by atoms with Crippen molar-refractivity contribution in [2.75, 3.05) is 13.6 Å². The fourth-order valence-corrected chi connectivity index (χ4v) is 1.35. The van der Waals surface area contributed by atoms with Gasteiger partial charge in [-0.25, -0.2) is 0 Å². The standard InChI is InChI=1S/C12H21NO/c1-3-4-5-6-7-8-9-10-11-13(2)12-14/h1,12H,4-11H2,2H3. The number of carbonyl (C=O) groups is 1. The van der Waals surface area contributed by atoms with Gasteiger partial charge in [0.15, 0.2) is 0 Å². The molecule has 0 radical (unpaired) electrons. The van der Waals surface area contributed by atoms with Crippen LogP contribution in [0.1, 0.15) is 44.9 Å². The second-order valence-corrected chi connectivity index (χ2v) is 3.66. The summed E-state index contributed by atoms with van der Waals surface area (Å²) in [6, 6.07) is 0. The Morgan fingerprint density at radius 2 is 1.71 bits per heavy atom. The van der Waals surface area contributed by atoms with E-state index < -0.39 is 0 Å². The Hall–Kier alpha value is -0.970. The van der Waals surface area contributed by atoms with Crippen molar-refractivity contribution < 1.29 is 4.79 Å². The molecule has 0 atom stereocenters. The maximum atomic E-state index is 10.3. The molecule has 0 saturated heterocycles. The van der Waals surface area contributed by atoms with Gasteiger partial charge in [0.25, 0.3) is 0 Å². The van der Waals surface area contributed by atoms with Crippen molar-refractivity contribution in [3.63, 3.8) is 0 Å². The number of unbranched alkanes of at least 4 members (excludes halogenated alkanes) is 6. The van der Waals surface area contributed by atoms with E-state index in [-0.39, 0.29) is 0 Å². The lowest BCUT2D eigenvalue weighted by Crippen LogP contribution is -2.16. The molecule has 0 aromatic carbocycles. The van der Waals surface area contributed by atoms with Gasteiger partial charge in [-0.3, -0.25) is 4.79 Å². The molecule has 14 heavy (non-hydrogen) atoms. The Balaban J connectivity index is 2.99. The van der Waals surface area contributed by atoms with Crippen molar-refractivity contribution in [3.05, 3.63) is 0 Å². The summed E-state index contributed by atoms with van der Waals surface area (Å²) < 4.78 is 0. The summed E-state index contributed by atoms with van der Waals surface area (Å²) in [5, 5.41) is 0. The first-order valence-electron chi connectivity index (χ1n) is 5.40. The van der Waals surface area contributed by atoms with Crippen LogP contribution in [0.15, 0.2) is 0 Å². The predicted molar refractivity (Wildman–Crippen MR) is 59.8 cm³/mol. The minimum atomic E-state index is 0.882. The van der Waals surface area contributed by atoms with Crippen LogP contribution < -0.4 is 0 Å². The maximum Gasteiger partial charge on any atom is 0.209 e. The number of carbonyl (C=O) groups excluding carboxylic acids is 1. The van der Waals surface area contributed by atoms with E-state index in [1.54, 1.807) is 4.90 Å². The van der Waals surface area contributed by atoms with Crippen LogP contribution in [0, 0.1) is 12.3 Å². The van der Waals surface area contributed by atoms with Gasteiger partial charge < -0.3 is 4.90 Å². The van der Waals surface area contributed by atoms with E-state index in [1.165, 1.54) is 25.7 Å². The molecular formula is C12H21NO. The Labute approximate surface area is 87.7 Å². The van der Waals surface area contributed by atoms with Gasteiger partial charge in [0.1, 0.15) is 0 Å². The van der Waals surface area contributed by atoms with E-state index >= 15 is 0 Å². The van der Waals surface area contributed by atoms with Crippen LogP contribution in [0.3, 0.4) is 0 Å². The normalized spacial score (nSPS) is 9.43. The van der Waals surface area contributed by atoms with Crippen LogP contribution in [0.2, 0.25) is 0 Å². The van der Waals surface area contributed by atoms with E-state index in [9.17, 15) is 4.79 Å². The number of nitrogens with zero attached hydrogens (tertiary/aromatic N) is 1. The van der Waals surface area contributed by atoms with Gasteiger partial charge in [0.05, 0.1) is 0 Å². The Morgan fingerprint density at radius 3 is 2.29 bits per heavy atom. The highest BCUT2D eigenvalue weighted by atomic mass is 16.1. The van der Waals surface area contributed by atoms with Crippen LogP contribution in [0.5, 0.6) is 0 Å². The Morgan fingerprint density at radius 1 is 1.14 bits per heavy atom. The largest absolute Gasteiger partial charge is 0.348 e. The molecule has 0 aliphatic carbocycles. The van der Waals surface area contributed by atoms with Crippen molar-refractivity contribution in [2.24, 2.45) is 0 Å². The Kier molecular flexibility index (Phi) is 9.41. The molecule has 0 rings (SSSR count). The van der Waals surface area contributed by atoms with Crippen LogP contribution in [-0.2, 0) is 4.79 Å². The van der Waals surface area contributed by atoms with Crippen molar-refractivity contribution in [1.82, 2.24) is 4.90 Å². The molecule has 80 valence electrons. The average molecular weight is 195 g/mol. The highest BCUT2D eigenvalue weighted by Crippen LogP contribution is 2.06. The lowest BCUT2D eigenvalue weighted by Gasteiger charge is -2.09. The van der Waals surface area contributed by atoms with E-state index in [4.69, 9.17) is 6.42 Å². The molecule has 0 bridgehead atoms. The second kappa shape index (κ2) is 10.1. The monoisotopic (exact) mass is 195 g/mol. The molecule has 0 aromatic rings. The van der Waals surface area contributed by atoms with Gasteiger partial charge >= 0.3 is 0 Å². The van der Waals surface area contributed by atoms with Crippen LogP contribution in [0.25, 0.3) is 0 Å². The lowest BCUT2D eigenvalue weighted by atomic mass is 10.1. The van der Waals surface area contributed by atoms with E-state index in [0.29, 0.717) is 0 Å². The third kappa shape index (κ3) is 9.12. The minimum absolute atomic E-state index is 0.882. The van der Waals surface area contributed by atoms with Crippen molar-refractivity contribution in [1.29, 1.82) is 0 Å². The quantitative estimate of drug-likeness (QED) is 0.314. The number of hydrogen-bond donors (Lipinski definition) is 0. The molecule has 0 spiro atoms. The smallest absolute Gasteiger partial charge is 0.209 e. The SMILES string of the molecule is C#CCCCCCCCCN(C)C=O. The summed E-state index contributed by atoms with van der Waals surface area (Å²) in [5.41, 5.74) is 0. The molecule has 0 N–H and O–H groups in total. The predicted octanol–water partition coefficient (Wildman–Crippen LogP) is 2.44. The number of amides is 1. The molecule has 0 saturated carbocycles. The molecule has 2 heteroatoms. The molecular weight excluding hydrogens is 174 g/mol. The summed E-state index contributed by atoms with van der Waals surface area (Å²) in [6.07, 6.45) is 14.2.